The number of benzene rings is 2. The molecule has 1 saturated carbocycles. The maximum Gasteiger partial charge on any atom is 0.303 e. The molecule has 1 amide bonds. The number of rotatable bonds is 10. The molecule has 2 bridgehead atoms. The minimum Gasteiger partial charge on any atom is -0.481 e. The van der Waals surface area contributed by atoms with Crippen LogP contribution in [0.2, 0.25) is 0 Å². The number of amides is 1. The van der Waals surface area contributed by atoms with E-state index >= 15 is 0 Å². The van der Waals surface area contributed by atoms with Crippen LogP contribution in [-0.4, -0.2) is 52.2 Å². The van der Waals surface area contributed by atoms with Crippen molar-refractivity contribution >= 4 is 11.9 Å². The number of likely N-dealkylation sites (tertiary alicyclic amines) is 1. The molecule has 2 unspecified atom stereocenters. The molecule has 3 fully saturated rings. The van der Waals surface area contributed by atoms with Crippen LogP contribution in [0.1, 0.15) is 93.9 Å². The summed E-state index contributed by atoms with van der Waals surface area (Å²) in [6.07, 6.45) is 3.64. The Kier molecular flexibility index (Phi) is 8.85. The lowest BCUT2D eigenvalue weighted by atomic mass is 9.65. The van der Waals surface area contributed by atoms with Crippen LogP contribution in [0.25, 0.3) is 0 Å². The molecule has 1 aliphatic carbocycles. The number of hydrogen-bond donors (Lipinski definition) is 3. The van der Waals surface area contributed by atoms with Gasteiger partial charge in [-0.3, -0.25) is 14.5 Å². The number of aliphatic carboxylic acids is 1. The molecule has 0 spiro atoms. The molecule has 222 valence electrons. The van der Waals surface area contributed by atoms with E-state index in [1.807, 2.05) is 48.5 Å². The molecular weight excluding hydrogens is 520 g/mol. The van der Waals surface area contributed by atoms with Gasteiger partial charge in [-0.25, -0.2) is 0 Å². The number of nitrogens with zero attached hydrogens (tertiary/aromatic N) is 1. The third kappa shape index (κ3) is 7.55. The van der Waals surface area contributed by atoms with Gasteiger partial charge in [0.1, 0.15) is 0 Å². The van der Waals surface area contributed by atoms with Crippen LogP contribution in [-0.2, 0) is 32.2 Å². The second-order valence-corrected chi connectivity index (χ2v) is 13.4. The minimum atomic E-state index is -0.983. The van der Waals surface area contributed by atoms with Crippen molar-refractivity contribution in [1.29, 1.82) is 0 Å². The molecule has 0 radical (unpaired) electrons. The highest BCUT2D eigenvalue weighted by Crippen LogP contribution is 2.53. The summed E-state index contributed by atoms with van der Waals surface area (Å²) in [5, 5.41) is 21.0. The number of aliphatic hydroxyl groups excluding tert-OH is 1. The first-order chi connectivity index (χ1) is 19.5. The van der Waals surface area contributed by atoms with E-state index in [9.17, 15) is 14.7 Å². The fraction of sp³-hybridized carbons (Fsp3) is 0.576. The van der Waals surface area contributed by atoms with E-state index in [0.717, 1.165) is 41.8 Å². The lowest BCUT2D eigenvalue weighted by Gasteiger charge is -2.41. The van der Waals surface area contributed by atoms with E-state index in [1.165, 1.54) is 19.3 Å². The first-order valence-corrected chi connectivity index (χ1v) is 14.8. The number of aliphatic hydroxyl groups is 1. The average Bonchev–Trinajstić information content (AvgIpc) is 3.17. The zero-order valence-electron chi connectivity index (χ0n) is 24.5. The molecule has 2 heterocycles. The molecule has 3 aliphatic rings. The second kappa shape index (κ2) is 12.2. The zero-order valence-corrected chi connectivity index (χ0v) is 24.5. The number of carbonyl (C=O) groups excluding carboxylic acids is 1. The van der Waals surface area contributed by atoms with Crippen molar-refractivity contribution in [3.05, 3.63) is 70.8 Å². The molecule has 2 aliphatic heterocycles. The van der Waals surface area contributed by atoms with Gasteiger partial charge in [-0.2, -0.15) is 0 Å². The average molecular weight is 565 g/mol. The predicted octanol–water partition coefficient (Wildman–Crippen LogP) is 5.11. The SMILES string of the molecule is CC1(C)CC2CC(C)(CN2C[C@H]2C[C@@H](c3ccc(CO)cc3)O[C@@H](c3ccc(CNC(=O)CCC(=O)O)cc3)O2)C1. The topological polar surface area (TPSA) is 108 Å². The van der Waals surface area contributed by atoms with Crippen molar-refractivity contribution in [3.63, 3.8) is 0 Å². The summed E-state index contributed by atoms with van der Waals surface area (Å²) in [5.41, 5.74) is 4.51. The Balaban J connectivity index is 1.28. The molecule has 3 N–H and O–H groups in total. The van der Waals surface area contributed by atoms with E-state index in [1.54, 1.807) is 0 Å². The number of carbonyl (C=O) groups is 2. The van der Waals surface area contributed by atoms with E-state index in [4.69, 9.17) is 14.6 Å². The van der Waals surface area contributed by atoms with Gasteiger partial charge in [-0.15, -0.1) is 0 Å². The highest BCUT2D eigenvalue weighted by atomic mass is 16.7. The first-order valence-electron chi connectivity index (χ1n) is 14.8. The molecule has 2 saturated heterocycles. The summed E-state index contributed by atoms with van der Waals surface area (Å²) in [5.74, 6) is -1.26. The van der Waals surface area contributed by atoms with Crippen molar-refractivity contribution in [2.45, 2.75) is 97.0 Å². The van der Waals surface area contributed by atoms with Crippen LogP contribution < -0.4 is 5.32 Å². The Bertz CT molecular complexity index is 1210. The Morgan fingerprint density at radius 1 is 0.951 bits per heavy atom. The van der Waals surface area contributed by atoms with Crippen LogP contribution in [0.5, 0.6) is 0 Å². The Morgan fingerprint density at radius 3 is 2.32 bits per heavy atom. The van der Waals surface area contributed by atoms with Gasteiger partial charge in [0.15, 0.2) is 6.29 Å². The van der Waals surface area contributed by atoms with Gasteiger partial charge in [0, 0.05) is 44.1 Å². The van der Waals surface area contributed by atoms with Crippen molar-refractivity contribution in [1.82, 2.24) is 10.2 Å². The normalized spacial score (nSPS) is 29.3. The summed E-state index contributed by atoms with van der Waals surface area (Å²) in [7, 11) is 0. The summed E-state index contributed by atoms with van der Waals surface area (Å²) in [6.45, 7) is 9.57. The van der Waals surface area contributed by atoms with Crippen LogP contribution in [0, 0.1) is 10.8 Å². The first kappa shape index (κ1) is 29.7. The molecule has 2 aromatic carbocycles. The molecule has 8 heteroatoms. The number of fused-ring (bicyclic) bond motifs is 2. The summed E-state index contributed by atoms with van der Waals surface area (Å²) >= 11 is 0. The lowest BCUT2D eigenvalue weighted by molar-refractivity contribution is -0.253. The van der Waals surface area contributed by atoms with E-state index in [-0.39, 0.29) is 37.6 Å². The Labute approximate surface area is 243 Å². The number of carboxylic acids is 1. The monoisotopic (exact) mass is 564 g/mol. The molecule has 2 aromatic rings. The maximum absolute atomic E-state index is 11.9. The third-order valence-corrected chi connectivity index (χ3v) is 8.88. The fourth-order valence-electron chi connectivity index (χ4n) is 7.39. The lowest BCUT2D eigenvalue weighted by Crippen LogP contribution is -2.42. The largest absolute Gasteiger partial charge is 0.481 e. The second-order valence-electron chi connectivity index (χ2n) is 13.4. The van der Waals surface area contributed by atoms with Gasteiger partial charge in [0.05, 0.1) is 25.2 Å². The van der Waals surface area contributed by atoms with E-state index in [2.05, 4.69) is 31.0 Å². The van der Waals surface area contributed by atoms with Gasteiger partial charge in [0.25, 0.3) is 0 Å². The third-order valence-electron chi connectivity index (χ3n) is 8.88. The summed E-state index contributed by atoms with van der Waals surface area (Å²) in [4.78, 5) is 25.3. The molecule has 0 aromatic heterocycles. The molecule has 41 heavy (non-hydrogen) atoms. The van der Waals surface area contributed by atoms with Crippen molar-refractivity contribution in [2.24, 2.45) is 10.8 Å². The number of carboxylic acid groups (broad SMARTS) is 1. The quantitative estimate of drug-likeness (QED) is 0.368. The highest BCUT2D eigenvalue weighted by Gasteiger charge is 2.50. The Morgan fingerprint density at radius 2 is 1.63 bits per heavy atom. The summed E-state index contributed by atoms with van der Waals surface area (Å²) < 4.78 is 13.2. The van der Waals surface area contributed by atoms with Crippen LogP contribution in [0.4, 0.5) is 0 Å². The standard InChI is InChI=1S/C33H44N2O6/c1-32(2)15-26-16-33(3,20-32)21-35(26)18-27-14-28(24-8-6-23(19-36)7-9-24)41-31(40-27)25-10-4-22(5-11-25)17-34-29(37)12-13-30(38)39/h4-11,26-28,31,36H,12-21H2,1-3H3,(H,34,37)(H,38,39)/t26?,27-,28+,31+,33?/m1/s1. The maximum atomic E-state index is 11.9. The highest BCUT2D eigenvalue weighted by molar-refractivity contribution is 5.80. The van der Waals surface area contributed by atoms with Crippen LogP contribution >= 0.6 is 0 Å². The Hall–Kier alpha value is -2.78. The van der Waals surface area contributed by atoms with E-state index in [0.29, 0.717) is 23.4 Å². The molecule has 8 nitrogen and oxygen atoms in total. The van der Waals surface area contributed by atoms with Crippen LogP contribution in [0.15, 0.2) is 48.5 Å². The smallest absolute Gasteiger partial charge is 0.303 e. The summed E-state index contributed by atoms with van der Waals surface area (Å²) in [6, 6.07) is 16.4. The van der Waals surface area contributed by atoms with Crippen molar-refractivity contribution in [2.75, 3.05) is 13.1 Å². The number of ether oxygens (including phenoxy) is 2. The van der Waals surface area contributed by atoms with Gasteiger partial charge in [-0.1, -0.05) is 69.3 Å². The van der Waals surface area contributed by atoms with Gasteiger partial charge < -0.3 is 25.0 Å². The van der Waals surface area contributed by atoms with Gasteiger partial charge in [-0.05, 0) is 46.8 Å². The van der Waals surface area contributed by atoms with Gasteiger partial charge in [0.2, 0.25) is 5.91 Å². The minimum absolute atomic E-state index is 0.00975. The molecular formula is C33H44N2O6. The van der Waals surface area contributed by atoms with Crippen LogP contribution in [0.3, 0.4) is 0 Å². The number of hydrogen-bond acceptors (Lipinski definition) is 6. The molecule has 5 rings (SSSR count). The fourth-order valence-corrected chi connectivity index (χ4v) is 7.39. The molecule has 5 atom stereocenters. The van der Waals surface area contributed by atoms with Crippen molar-refractivity contribution < 1.29 is 29.3 Å². The van der Waals surface area contributed by atoms with E-state index < -0.39 is 12.3 Å². The van der Waals surface area contributed by atoms with Crippen molar-refractivity contribution in [3.8, 4) is 0 Å². The zero-order chi connectivity index (χ0) is 29.2. The van der Waals surface area contributed by atoms with Gasteiger partial charge >= 0.3 is 5.97 Å². The predicted molar refractivity (Wildman–Crippen MR) is 155 cm³/mol. The number of nitrogens with one attached hydrogen (secondary N) is 1.